The summed E-state index contributed by atoms with van der Waals surface area (Å²) in [5, 5.41) is 9.89. The molecule has 0 aliphatic heterocycles. The molecule has 0 spiro atoms. The molecule has 1 aliphatic rings. The molecule has 2 aromatic carbocycles. The number of allylic oxidation sites excluding steroid dienone is 1. The zero-order valence-electron chi connectivity index (χ0n) is 22.5. The number of ether oxygens (including phenoxy) is 2. The molecule has 0 saturated carbocycles. The van der Waals surface area contributed by atoms with E-state index in [0.29, 0.717) is 19.1 Å². The number of carboxylic acid groups (broad SMARTS) is 1. The first-order valence-corrected chi connectivity index (χ1v) is 13.2. The van der Waals surface area contributed by atoms with Gasteiger partial charge in [0.1, 0.15) is 11.4 Å². The predicted octanol–water partition coefficient (Wildman–Crippen LogP) is 7.03. The Morgan fingerprint density at radius 1 is 1.11 bits per heavy atom. The van der Waals surface area contributed by atoms with Gasteiger partial charge in [0.2, 0.25) is 0 Å². The summed E-state index contributed by atoms with van der Waals surface area (Å²) in [5.74, 6) is 0.271. The van der Waals surface area contributed by atoms with Crippen molar-refractivity contribution in [3.8, 4) is 5.75 Å². The number of carboxylic acids is 1. The Morgan fingerprint density at radius 3 is 2.46 bits per heavy atom. The summed E-state index contributed by atoms with van der Waals surface area (Å²) in [4.78, 5) is 25.4. The van der Waals surface area contributed by atoms with Crippen molar-refractivity contribution in [2.24, 2.45) is 5.92 Å². The van der Waals surface area contributed by atoms with Gasteiger partial charge in [-0.15, -0.1) is 0 Å². The van der Waals surface area contributed by atoms with Gasteiger partial charge in [-0.3, -0.25) is 4.79 Å². The molecule has 1 aliphatic carbocycles. The summed E-state index contributed by atoms with van der Waals surface area (Å²) in [6.45, 7) is 10.7. The standard InChI is InChI=1S/C30H38ClNO5/c1-20(16-22-6-10-25(31)11-7-22)19-36-26-12-13-27-21(2)24(9-8-23(27)17-26)18-32(15-14-28(33)34)29(35)37-30(3,4)5/h6-7,10-13,17,20H,8-9,14-16,18-19H2,1-5H3,(H,33,34)/t20-/m0/s1. The lowest BCUT2D eigenvalue weighted by Crippen LogP contribution is -2.39. The molecule has 2 aromatic rings. The number of rotatable bonds is 10. The molecule has 3 rings (SSSR count). The number of fused-ring (bicyclic) bond motifs is 1. The fourth-order valence-electron chi connectivity index (χ4n) is 4.44. The lowest BCUT2D eigenvalue weighted by Gasteiger charge is -2.30. The summed E-state index contributed by atoms with van der Waals surface area (Å²) in [5.41, 5.74) is 5.19. The highest BCUT2D eigenvalue weighted by atomic mass is 35.5. The maximum absolute atomic E-state index is 12.8. The minimum Gasteiger partial charge on any atom is -0.493 e. The predicted molar refractivity (Wildman–Crippen MR) is 147 cm³/mol. The number of hydrogen-bond acceptors (Lipinski definition) is 4. The Kier molecular flexibility index (Phi) is 9.66. The highest BCUT2D eigenvalue weighted by Crippen LogP contribution is 2.34. The number of carbonyl (C=O) groups excluding carboxylic acids is 1. The van der Waals surface area contributed by atoms with Crippen LogP contribution in [0.15, 0.2) is 48.0 Å². The monoisotopic (exact) mass is 527 g/mol. The SMILES string of the molecule is CC1=C(CN(CCC(=O)O)C(=O)OC(C)(C)C)CCc2cc(OC[C@@H](C)Cc3ccc(Cl)cc3)ccc21. The van der Waals surface area contributed by atoms with E-state index in [1.54, 1.807) is 20.8 Å². The molecule has 0 saturated heterocycles. The smallest absolute Gasteiger partial charge is 0.410 e. The second-order valence-electron chi connectivity index (χ2n) is 10.8. The van der Waals surface area contributed by atoms with E-state index < -0.39 is 17.7 Å². The van der Waals surface area contributed by atoms with Crippen LogP contribution in [0.25, 0.3) is 5.57 Å². The van der Waals surface area contributed by atoms with Gasteiger partial charge in [0.05, 0.1) is 13.0 Å². The van der Waals surface area contributed by atoms with E-state index in [1.165, 1.54) is 16.0 Å². The van der Waals surface area contributed by atoms with Gasteiger partial charge >= 0.3 is 12.1 Å². The molecule has 1 amide bonds. The Morgan fingerprint density at radius 2 is 1.81 bits per heavy atom. The van der Waals surface area contributed by atoms with Crippen LogP contribution < -0.4 is 4.74 Å². The Balaban J connectivity index is 1.66. The number of benzene rings is 2. The zero-order valence-corrected chi connectivity index (χ0v) is 23.2. The van der Waals surface area contributed by atoms with Gasteiger partial charge in [-0.1, -0.05) is 36.7 Å². The van der Waals surface area contributed by atoms with Crippen molar-refractivity contribution in [3.05, 3.63) is 69.8 Å². The molecule has 7 heteroatoms. The molecule has 0 radical (unpaired) electrons. The molecule has 0 fully saturated rings. The van der Waals surface area contributed by atoms with Crippen LogP contribution in [-0.2, 0) is 22.4 Å². The van der Waals surface area contributed by atoms with Crippen molar-refractivity contribution in [3.63, 3.8) is 0 Å². The van der Waals surface area contributed by atoms with E-state index in [0.717, 1.165) is 46.7 Å². The summed E-state index contributed by atoms with van der Waals surface area (Å²) in [6, 6.07) is 14.1. The Bertz CT molecular complexity index is 1130. The van der Waals surface area contributed by atoms with Crippen LogP contribution in [0.1, 0.15) is 64.2 Å². The molecule has 0 aromatic heterocycles. The van der Waals surface area contributed by atoms with E-state index in [-0.39, 0.29) is 13.0 Å². The summed E-state index contributed by atoms with van der Waals surface area (Å²) in [7, 11) is 0. The first-order valence-electron chi connectivity index (χ1n) is 12.8. The van der Waals surface area contributed by atoms with Crippen LogP contribution in [0, 0.1) is 5.92 Å². The number of carbonyl (C=O) groups is 2. The van der Waals surface area contributed by atoms with E-state index in [2.05, 4.69) is 38.1 Å². The highest BCUT2D eigenvalue weighted by molar-refractivity contribution is 6.30. The zero-order chi connectivity index (χ0) is 27.2. The van der Waals surface area contributed by atoms with Crippen molar-refractivity contribution in [2.75, 3.05) is 19.7 Å². The van der Waals surface area contributed by atoms with E-state index >= 15 is 0 Å². The average Bonchev–Trinajstić information content (AvgIpc) is 2.82. The van der Waals surface area contributed by atoms with Gasteiger partial charge in [0.25, 0.3) is 0 Å². The van der Waals surface area contributed by atoms with Gasteiger partial charge in [0.15, 0.2) is 0 Å². The quantitative estimate of drug-likeness (QED) is 0.359. The van der Waals surface area contributed by atoms with Crippen LogP contribution in [0.2, 0.25) is 5.02 Å². The number of nitrogens with zero attached hydrogens (tertiary/aromatic N) is 1. The van der Waals surface area contributed by atoms with Crippen molar-refractivity contribution in [1.29, 1.82) is 0 Å². The summed E-state index contributed by atoms with van der Waals surface area (Å²) in [6.07, 6.45) is 1.93. The third-order valence-electron chi connectivity index (χ3n) is 6.37. The van der Waals surface area contributed by atoms with Crippen LogP contribution in [0.3, 0.4) is 0 Å². The molecule has 6 nitrogen and oxygen atoms in total. The van der Waals surface area contributed by atoms with Gasteiger partial charge in [-0.05, 0) is 105 Å². The molecule has 1 N–H and O–H groups in total. The maximum atomic E-state index is 12.8. The molecular formula is C30H38ClNO5. The largest absolute Gasteiger partial charge is 0.493 e. The third-order valence-corrected chi connectivity index (χ3v) is 6.62. The Labute approximate surface area is 225 Å². The fraction of sp³-hybridized carbons (Fsp3) is 0.467. The van der Waals surface area contributed by atoms with Crippen LogP contribution in [0.5, 0.6) is 5.75 Å². The van der Waals surface area contributed by atoms with Gasteiger partial charge < -0.3 is 19.5 Å². The molecular weight excluding hydrogens is 490 g/mol. The number of halogens is 1. The number of hydrogen-bond donors (Lipinski definition) is 1. The lowest BCUT2D eigenvalue weighted by atomic mass is 9.86. The van der Waals surface area contributed by atoms with Crippen molar-refractivity contribution >= 4 is 29.2 Å². The van der Waals surface area contributed by atoms with Crippen molar-refractivity contribution < 1.29 is 24.2 Å². The number of amides is 1. The molecule has 1 atom stereocenters. The first kappa shape index (κ1) is 28.6. The highest BCUT2D eigenvalue weighted by Gasteiger charge is 2.25. The van der Waals surface area contributed by atoms with E-state index in [1.807, 2.05) is 18.2 Å². The van der Waals surface area contributed by atoms with Crippen LogP contribution >= 0.6 is 11.6 Å². The minimum absolute atomic E-state index is 0.106. The van der Waals surface area contributed by atoms with Crippen molar-refractivity contribution in [1.82, 2.24) is 4.90 Å². The molecule has 200 valence electrons. The number of aliphatic carboxylic acids is 1. The van der Waals surface area contributed by atoms with Gasteiger partial charge in [-0.2, -0.15) is 0 Å². The summed E-state index contributed by atoms with van der Waals surface area (Å²) >= 11 is 5.98. The Hall–Kier alpha value is -2.99. The second-order valence-corrected chi connectivity index (χ2v) is 11.3. The molecule has 0 heterocycles. The van der Waals surface area contributed by atoms with Crippen molar-refractivity contribution in [2.45, 2.75) is 65.9 Å². The van der Waals surface area contributed by atoms with Crippen LogP contribution in [-0.4, -0.2) is 47.4 Å². The normalized spacial score (nSPS) is 14.1. The fourth-order valence-corrected chi connectivity index (χ4v) is 4.56. The average molecular weight is 528 g/mol. The van der Waals surface area contributed by atoms with Gasteiger partial charge in [0, 0.05) is 18.1 Å². The van der Waals surface area contributed by atoms with E-state index in [4.69, 9.17) is 26.2 Å². The third kappa shape index (κ3) is 8.81. The summed E-state index contributed by atoms with van der Waals surface area (Å²) < 4.78 is 11.7. The first-order chi connectivity index (χ1) is 17.4. The molecule has 37 heavy (non-hydrogen) atoms. The molecule has 0 bridgehead atoms. The second kappa shape index (κ2) is 12.5. The lowest BCUT2D eigenvalue weighted by molar-refractivity contribution is -0.137. The van der Waals surface area contributed by atoms with Gasteiger partial charge in [-0.25, -0.2) is 4.79 Å². The number of aryl methyl sites for hydroxylation is 1. The van der Waals surface area contributed by atoms with E-state index in [9.17, 15) is 9.59 Å². The topological polar surface area (TPSA) is 76.1 Å². The van der Waals surface area contributed by atoms with Crippen LogP contribution in [0.4, 0.5) is 4.79 Å². The maximum Gasteiger partial charge on any atom is 0.410 e. The molecule has 0 unspecified atom stereocenters. The minimum atomic E-state index is -0.941.